The van der Waals surface area contributed by atoms with Crippen molar-refractivity contribution in [2.45, 2.75) is 37.5 Å². The Morgan fingerprint density at radius 3 is 2.95 bits per heavy atom. The van der Waals surface area contributed by atoms with Crippen molar-refractivity contribution in [3.63, 3.8) is 0 Å². The molecule has 0 aliphatic carbocycles. The first-order chi connectivity index (χ1) is 18.9. The van der Waals surface area contributed by atoms with Crippen LogP contribution in [0.5, 0.6) is 0 Å². The summed E-state index contributed by atoms with van der Waals surface area (Å²) in [5.74, 6) is -0.841. The zero-order chi connectivity index (χ0) is 26.9. The summed E-state index contributed by atoms with van der Waals surface area (Å²) >= 11 is 3.29. The number of nitrogens with one attached hydrogen (secondary N) is 2. The van der Waals surface area contributed by atoms with Crippen LogP contribution in [-0.4, -0.2) is 56.7 Å². The third-order valence-electron chi connectivity index (χ3n) is 7.16. The second kappa shape index (κ2) is 10.6. The number of hydrogen-bond donors (Lipinski definition) is 2. The number of hydrogen-bond acceptors (Lipinski definition) is 6. The number of aromatic amines is 1. The van der Waals surface area contributed by atoms with Gasteiger partial charge in [-0.1, -0.05) is 23.4 Å². The van der Waals surface area contributed by atoms with Crippen molar-refractivity contribution in [1.82, 2.24) is 20.2 Å². The smallest absolute Gasteiger partial charge is 0.410 e. The van der Waals surface area contributed by atoms with Gasteiger partial charge in [-0.15, -0.1) is 0 Å². The number of carbonyl (C=O) groups excluding carboxylic acids is 2. The highest BCUT2D eigenvalue weighted by Crippen LogP contribution is 2.36. The second-order valence-electron chi connectivity index (χ2n) is 9.77. The van der Waals surface area contributed by atoms with Gasteiger partial charge in [0.05, 0.1) is 12.1 Å². The Kier molecular flexibility index (Phi) is 6.90. The van der Waals surface area contributed by atoms with Crippen molar-refractivity contribution < 1.29 is 23.6 Å². The van der Waals surface area contributed by atoms with E-state index in [0.717, 1.165) is 32.9 Å². The van der Waals surface area contributed by atoms with Crippen LogP contribution in [0.15, 0.2) is 66.1 Å². The molecule has 2 aliphatic heterocycles. The molecule has 200 valence electrons. The van der Waals surface area contributed by atoms with Gasteiger partial charge in [-0.2, -0.15) is 0 Å². The molecule has 0 bridgehead atoms. The molecule has 0 spiro atoms. The number of pyridine rings is 1. The lowest BCUT2D eigenvalue weighted by atomic mass is 9.95. The lowest BCUT2D eigenvalue weighted by Crippen LogP contribution is -2.47. The summed E-state index contributed by atoms with van der Waals surface area (Å²) in [6.07, 6.45) is 3.54. The molecule has 9 nitrogen and oxygen atoms in total. The van der Waals surface area contributed by atoms with Crippen LogP contribution in [0.4, 0.5) is 9.18 Å². The number of halogens is 2. The molecule has 3 atom stereocenters. The second-order valence-corrected chi connectivity index (χ2v) is 10.7. The van der Waals surface area contributed by atoms with Crippen LogP contribution < -0.4 is 5.32 Å². The SMILES string of the molecule is O=C(NC[C@@H]1CC(Br)=NO1)[C@@H]1C[C@@H](c2c[nH]c3ccc(F)cc23)CN1C(=O)OCc1cnc2ccccc2c1. The maximum absolute atomic E-state index is 14.0. The first-order valence-electron chi connectivity index (χ1n) is 12.6. The minimum absolute atomic E-state index is 0.0196. The first-order valence-corrected chi connectivity index (χ1v) is 13.4. The number of para-hydroxylation sites is 1. The van der Waals surface area contributed by atoms with E-state index in [9.17, 15) is 14.0 Å². The number of oxime groups is 1. The molecule has 2 aliphatic rings. The summed E-state index contributed by atoms with van der Waals surface area (Å²) in [7, 11) is 0. The van der Waals surface area contributed by atoms with Crippen LogP contribution in [0.1, 0.15) is 29.9 Å². The molecule has 0 unspecified atom stereocenters. The molecule has 11 heteroatoms. The van der Waals surface area contributed by atoms with Crippen molar-refractivity contribution in [2.75, 3.05) is 13.1 Å². The fourth-order valence-corrected chi connectivity index (χ4v) is 5.67. The number of aromatic nitrogens is 2. The lowest BCUT2D eigenvalue weighted by molar-refractivity contribution is -0.125. The highest BCUT2D eigenvalue weighted by atomic mass is 79.9. The number of carbonyl (C=O) groups is 2. The standard InChI is InChI=1S/C28H25BrFN5O4/c29-26-10-20(39-34-26)12-33-27(36)25-8-18(22-13-32-24-6-5-19(30)9-21(22)24)14-35(25)28(37)38-15-16-7-17-3-1-2-4-23(17)31-11-16/h1-7,9,11,13,18,20,25,32H,8,10,12,14-15H2,(H,33,36)/t18-,20+,25+/m1/s1. The van der Waals surface area contributed by atoms with Gasteiger partial charge in [0.15, 0.2) is 6.10 Å². The van der Waals surface area contributed by atoms with E-state index < -0.39 is 12.1 Å². The van der Waals surface area contributed by atoms with Gasteiger partial charge in [0.25, 0.3) is 0 Å². The van der Waals surface area contributed by atoms with E-state index >= 15 is 0 Å². The minimum atomic E-state index is -0.763. The van der Waals surface area contributed by atoms with Crippen LogP contribution in [-0.2, 0) is 21.0 Å². The van der Waals surface area contributed by atoms with Gasteiger partial charge in [-0.25, -0.2) is 9.18 Å². The van der Waals surface area contributed by atoms with Gasteiger partial charge < -0.3 is 19.9 Å². The molecule has 1 saturated heterocycles. The molecule has 2 aromatic carbocycles. The number of likely N-dealkylation sites (tertiary alicyclic amines) is 1. The van der Waals surface area contributed by atoms with E-state index in [1.165, 1.54) is 17.0 Å². The van der Waals surface area contributed by atoms with Crippen LogP contribution in [0.2, 0.25) is 0 Å². The quantitative estimate of drug-likeness (QED) is 0.328. The Morgan fingerprint density at radius 2 is 2.10 bits per heavy atom. The van der Waals surface area contributed by atoms with Crippen molar-refractivity contribution in [2.24, 2.45) is 5.16 Å². The van der Waals surface area contributed by atoms with E-state index in [0.29, 0.717) is 17.5 Å². The van der Waals surface area contributed by atoms with E-state index in [4.69, 9.17) is 9.57 Å². The molecular weight excluding hydrogens is 569 g/mol. The molecule has 4 heterocycles. The molecule has 0 radical (unpaired) electrons. The Balaban J connectivity index is 1.19. The molecule has 2 amide bonds. The van der Waals surface area contributed by atoms with Crippen molar-refractivity contribution in [1.29, 1.82) is 0 Å². The topological polar surface area (TPSA) is 109 Å². The van der Waals surface area contributed by atoms with Gasteiger partial charge in [-0.05, 0) is 58.2 Å². The Hall–Kier alpha value is -3.99. The maximum Gasteiger partial charge on any atom is 0.410 e. The summed E-state index contributed by atoms with van der Waals surface area (Å²) in [6.45, 7) is 0.527. The fourth-order valence-electron chi connectivity index (χ4n) is 5.22. The number of ether oxygens (including phenoxy) is 1. The lowest BCUT2D eigenvalue weighted by Gasteiger charge is -2.23. The largest absolute Gasteiger partial charge is 0.444 e. The number of nitrogens with zero attached hydrogens (tertiary/aromatic N) is 3. The first kappa shape index (κ1) is 25.3. The fraction of sp³-hybridized carbons (Fsp3) is 0.286. The van der Waals surface area contributed by atoms with Gasteiger partial charge in [0.2, 0.25) is 5.91 Å². The molecule has 2 aromatic heterocycles. The summed E-state index contributed by atoms with van der Waals surface area (Å²) < 4.78 is 20.4. The van der Waals surface area contributed by atoms with Gasteiger partial charge in [0.1, 0.15) is 23.1 Å². The Labute approximate surface area is 231 Å². The average Bonchev–Trinajstić information content (AvgIpc) is 3.68. The monoisotopic (exact) mass is 593 g/mol. The third kappa shape index (κ3) is 5.31. The zero-order valence-corrected chi connectivity index (χ0v) is 22.4. The van der Waals surface area contributed by atoms with Gasteiger partial charge in [0, 0.05) is 53.1 Å². The van der Waals surface area contributed by atoms with Crippen molar-refractivity contribution in [3.8, 4) is 0 Å². The molecule has 6 rings (SSSR count). The number of amides is 2. The number of rotatable bonds is 6. The highest BCUT2D eigenvalue weighted by molar-refractivity contribution is 9.18. The predicted octanol–water partition coefficient (Wildman–Crippen LogP) is 4.96. The Bertz CT molecular complexity index is 1590. The van der Waals surface area contributed by atoms with Gasteiger partial charge >= 0.3 is 6.09 Å². The molecule has 4 aromatic rings. The van der Waals surface area contributed by atoms with Crippen LogP contribution in [0.25, 0.3) is 21.8 Å². The van der Waals surface area contributed by atoms with E-state index in [-0.39, 0.29) is 43.4 Å². The Morgan fingerprint density at radius 1 is 1.23 bits per heavy atom. The average molecular weight is 594 g/mol. The molecular formula is C28H25BrFN5O4. The number of H-pyrrole nitrogens is 1. The molecule has 2 N–H and O–H groups in total. The summed E-state index contributed by atoms with van der Waals surface area (Å²) in [4.78, 5) is 41.0. The third-order valence-corrected chi connectivity index (χ3v) is 7.63. The maximum atomic E-state index is 14.0. The molecule has 0 saturated carbocycles. The summed E-state index contributed by atoms with van der Waals surface area (Å²) in [5.41, 5.74) is 3.24. The van der Waals surface area contributed by atoms with Crippen molar-refractivity contribution >= 4 is 54.4 Å². The van der Waals surface area contributed by atoms with E-state index in [1.54, 1.807) is 12.3 Å². The predicted molar refractivity (Wildman–Crippen MR) is 147 cm³/mol. The van der Waals surface area contributed by atoms with Crippen LogP contribution in [0.3, 0.4) is 0 Å². The zero-order valence-electron chi connectivity index (χ0n) is 20.8. The van der Waals surface area contributed by atoms with Gasteiger partial charge in [-0.3, -0.25) is 14.7 Å². The van der Waals surface area contributed by atoms with E-state index in [2.05, 4.69) is 36.4 Å². The van der Waals surface area contributed by atoms with Crippen molar-refractivity contribution in [3.05, 3.63) is 77.9 Å². The molecule has 1 fully saturated rings. The summed E-state index contributed by atoms with van der Waals surface area (Å²) in [5, 5.41) is 8.42. The van der Waals surface area contributed by atoms with Crippen LogP contribution >= 0.6 is 15.9 Å². The van der Waals surface area contributed by atoms with E-state index in [1.807, 2.05) is 36.5 Å². The minimum Gasteiger partial charge on any atom is -0.444 e. The van der Waals surface area contributed by atoms with Crippen LogP contribution in [0, 0.1) is 5.82 Å². The highest BCUT2D eigenvalue weighted by Gasteiger charge is 2.42. The number of fused-ring (bicyclic) bond motifs is 2. The molecule has 39 heavy (non-hydrogen) atoms. The number of benzene rings is 2. The summed E-state index contributed by atoms with van der Waals surface area (Å²) in [6, 6.07) is 13.4. The normalized spacial score (nSPS) is 20.7.